The first-order valence-electron chi connectivity index (χ1n) is 6.95. The Morgan fingerprint density at radius 2 is 2.05 bits per heavy atom. The van der Waals surface area contributed by atoms with Crippen molar-refractivity contribution in [2.45, 2.75) is 39.2 Å². The second-order valence-corrected chi connectivity index (χ2v) is 8.13. The fraction of sp³-hybridized carbons (Fsp3) is 1.00. The topological polar surface area (TPSA) is 69.6 Å². The van der Waals surface area contributed by atoms with Crippen LogP contribution in [-0.2, 0) is 10.2 Å². The van der Waals surface area contributed by atoms with Crippen molar-refractivity contribution in [2.24, 2.45) is 5.92 Å². The smallest absolute Gasteiger partial charge is 0.279 e. The maximum Gasteiger partial charge on any atom is 0.279 e. The van der Waals surface area contributed by atoms with Gasteiger partial charge < -0.3 is 5.11 Å². The van der Waals surface area contributed by atoms with Gasteiger partial charge in [0.1, 0.15) is 0 Å². The summed E-state index contributed by atoms with van der Waals surface area (Å²) >= 11 is 1.83. The molecule has 1 heterocycles. The van der Waals surface area contributed by atoms with Crippen LogP contribution in [0, 0.1) is 5.92 Å². The van der Waals surface area contributed by atoms with Crippen LogP contribution in [0.2, 0.25) is 0 Å². The molecule has 0 amide bonds. The van der Waals surface area contributed by atoms with Gasteiger partial charge in [0, 0.05) is 25.7 Å². The molecule has 5 nitrogen and oxygen atoms in total. The molecule has 0 aromatic rings. The normalized spacial score (nSPS) is 20.6. The summed E-state index contributed by atoms with van der Waals surface area (Å²) in [5.74, 6) is 2.30. The van der Waals surface area contributed by atoms with E-state index in [4.69, 9.17) is 5.11 Å². The van der Waals surface area contributed by atoms with Crippen molar-refractivity contribution in [1.82, 2.24) is 9.03 Å². The monoisotopic (exact) mass is 310 g/mol. The fourth-order valence-electron chi connectivity index (χ4n) is 2.12. The molecule has 0 saturated carbocycles. The lowest BCUT2D eigenvalue weighted by molar-refractivity contribution is 0.169. The summed E-state index contributed by atoms with van der Waals surface area (Å²) in [6.07, 6.45) is 2.35. The lowest BCUT2D eigenvalue weighted by atomic mass is 10.00. The number of rotatable bonds is 8. The molecule has 1 unspecified atom stereocenters. The predicted octanol–water partition coefficient (Wildman–Crippen LogP) is 1.06. The third kappa shape index (κ3) is 5.99. The Labute approximate surface area is 121 Å². The van der Waals surface area contributed by atoms with Crippen LogP contribution in [-0.4, -0.2) is 55.1 Å². The van der Waals surface area contributed by atoms with Crippen LogP contribution < -0.4 is 4.72 Å². The van der Waals surface area contributed by atoms with Crippen molar-refractivity contribution in [2.75, 3.05) is 31.2 Å². The molecule has 0 spiro atoms. The van der Waals surface area contributed by atoms with Gasteiger partial charge in [-0.1, -0.05) is 6.92 Å². The Balaban J connectivity index is 2.39. The van der Waals surface area contributed by atoms with Gasteiger partial charge in [0.25, 0.3) is 10.2 Å². The summed E-state index contributed by atoms with van der Waals surface area (Å²) in [4.78, 5) is 0. The molecule has 0 radical (unpaired) electrons. The molecule has 1 aliphatic heterocycles. The molecule has 19 heavy (non-hydrogen) atoms. The van der Waals surface area contributed by atoms with E-state index < -0.39 is 10.2 Å². The van der Waals surface area contributed by atoms with Crippen molar-refractivity contribution >= 4 is 22.0 Å². The van der Waals surface area contributed by atoms with Gasteiger partial charge in [0.15, 0.2) is 0 Å². The predicted molar refractivity (Wildman–Crippen MR) is 80.5 cm³/mol. The third-order valence-electron chi connectivity index (χ3n) is 3.42. The number of nitrogens with one attached hydrogen (secondary N) is 1. The highest BCUT2D eigenvalue weighted by Gasteiger charge is 2.28. The first kappa shape index (κ1) is 17.2. The molecule has 2 N–H and O–H groups in total. The Morgan fingerprint density at radius 1 is 1.42 bits per heavy atom. The highest BCUT2D eigenvalue weighted by atomic mass is 32.2. The molecule has 1 fully saturated rings. The Kier molecular flexibility index (Phi) is 7.68. The van der Waals surface area contributed by atoms with Gasteiger partial charge in [-0.05, 0) is 43.6 Å². The van der Waals surface area contributed by atoms with Gasteiger partial charge >= 0.3 is 0 Å². The number of aliphatic hydroxyl groups excluding tert-OH is 1. The van der Waals surface area contributed by atoms with Gasteiger partial charge in [0.05, 0.1) is 0 Å². The van der Waals surface area contributed by atoms with Crippen LogP contribution in [0.25, 0.3) is 0 Å². The van der Waals surface area contributed by atoms with Crippen molar-refractivity contribution in [3.05, 3.63) is 0 Å². The maximum absolute atomic E-state index is 12.2. The minimum absolute atomic E-state index is 0.0281. The summed E-state index contributed by atoms with van der Waals surface area (Å²) in [7, 11) is -3.36. The highest BCUT2D eigenvalue weighted by Crippen LogP contribution is 2.18. The SMILES string of the molecule is CCSCCC(C)NS(=O)(=O)N1CCC(CO)CC1. The minimum Gasteiger partial charge on any atom is -0.396 e. The summed E-state index contributed by atoms with van der Waals surface area (Å²) in [5.41, 5.74) is 0. The fourth-order valence-corrected chi connectivity index (χ4v) is 4.40. The molecule has 1 aliphatic rings. The van der Waals surface area contributed by atoms with Gasteiger partial charge in [0.2, 0.25) is 0 Å². The van der Waals surface area contributed by atoms with Gasteiger partial charge in [-0.3, -0.25) is 0 Å². The van der Waals surface area contributed by atoms with Crippen molar-refractivity contribution in [3.8, 4) is 0 Å². The largest absolute Gasteiger partial charge is 0.396 e. The second kappa shape index (κ2) is 8.46. The van der Waals surface area contributed by atoms with Crippen LogP contribution in [0.5, 0.6) is 0 Å². The number of nitrogens with zero attached hydrogens (tertiary/aromatic N) is 1. The Morgan fingerprint density at radius 3 is 2.58 bits per heavy atom. The van der Waals surface area contributed by atoms with E-state index in [0.717, 1.165) is 30.8 Å². The maximum atomic E-state index is 12.2. The van der Waals surface area contributed by atoms with E-state index in [9.17, 15) is 8.42 Å². The molecule has 1 saturated heterocycles. The van der Waals surface area contributed by atoms with Crippen molar-refractivity contribution in [3.63, 3.8) is 0 Å². The van der Waals surface area contributed by atoms with E-state index in [0.29, 0.717) is 13.1 Å². The van der Waals surface area contributed by atoms with E-state index in [1.54, 1.807) is 0 Å². The average Bonchev–Trinajstić information content (AvgIpc) is 2.38. The molecule has 114 valence electrons. The molecular weight excluding hydrogens is 284 g/mol. The van der Waals surface area contributed by atoms with Gasteiger partial charge in [-0.25, -0.2) is 0 Å². The van der Waals surface area contributed by atoms with Crippen molar-refractivity contribution in [1.29, 1.82) is 0 Å². The molecule has 7 heteroatoms. The zero-order chi connectivity index (χ0) is 14.3. The van der Waals surface area contributed by atoms with Crippen molar-refractivity contribution < 1.29 is 13.5 Å². The van der Waals surface area contributed by atoms with E-state index in [-0.39, 0.29) is 18.6 Å². The number of thioether (sulfide) groups is 1. The zero-order valence-corrected chi connectivity index (χ0v) is 13.5. The minimum atomic E-state index is -3.36. The lowest BCUT2D eigenvalue weighted by Gasteiger charge is -2.31. The average molecular weight is 310 g/mol. The van der Waals surface area contributed by atoms with Crippen LogP contribution in [0.15, 0.2) is 0 Å². The lowest BCUT2D eigenvalue weighted by Crippen LogP contribution is -2.48. The van der Waals surface area contributed by atoms with E-state index in [2.05, 4.69) is 11.6 Å². The molecule has 0 aliphatic carbocycles. The molecule has 0 bridgehead atoms. The highest BCUT2D eigenvalue weighted by molar-refractivity contribution is 7.99. The summed E-state index contributed by atoms with van der Waals surface area (Å²) < 4.78 is 28.6. The van der Waals surface area contributed by atoms with Crippen LogP contribution in [0.4, 0.5) is 0 Å². The first-order chi connectivity index (χ1) is 8.99. The van der Waals surface area contributed by atoms with Gasteiger partial charge in [-0.2, -0.15) is 29.2 Å². The summed E-state index contributed by atoms with van der Waals surface area (Å²) in [5, 5.41) is 9.06. The van der Waals surface area contributed by atoms with E-state index >= 15 is 0 Å². The molecule has 1 atom stereocenters. The van der Waals surface area contributed by atoms with Crippen LogP contribution >= 0.6 is 11.8 Å². The zero-order valence-electron chi connectivity index (χ0n) is 11.8. The van der Waals surface area contributed by atoms with Crippen LogP contribution in [0.1, 0.15) is 33.1 Å². The van der Waals surface area contributed by atoms with E-state index in [1.165, 1.54) is 4.31 Å². The first-order valence-corrected chi connectivity index (χ1v) is 9.55. The third-order valence-corrected chi connectivity index (χ3v) is 6.10. The van der Waals surface area contributed by atoms with E-state index in [1.807, 2.05) is 18.7 Å². The number of hydrogen-bond acceptors (Lipinski definition) is 4. The quantitative estimate of drug-likeness (QED) is 0.658. The van der Waals surface area contributed by atoms with Crippen LogP contribution in [0.3, 0.4) is 0 Å². The second-order valence-electron chi connectivity index (χ2n) is 5.03. The molecule has 0 aromatic heterocycles. The number of aliphatic hydroxyl groups is 1. The van der Waals surface area contributed by atoms with Gasteiger partial charge in [-0.15, -0.1) is 0 Å². The standard InChI is InChI=1S/C12H26N2O3S2/c1-3-18-9-6-11(2)13-19(16,17)14-7-4-12(10-15)5-8-14/h11-13,15H,3-10H2,1-2H3. The number of piperidine rings is 1. The molecule has 1 rings (SSSR count). The summed E-state index contributed by atoms with van der Waals surface area (Å²) in [6, 6.07) is -0.0281. The molecular formula is C12H26N2O3S2. The summed E-state index contributed by atoms with van der Waals surface area (Å²) in [6.45, 7) is 5.19. The molecule has 0 aromatic carbocycles. The number of hydrogen-bond donors (Lipinski definition) is 2. The Bertz CT molecular complexity index is 341. The Hall–Kier alpha value is 0.180.